The maximum Gasteiger partial charge on any atom is 0.0662 e. The molecule has 0 atom stereocenters. The predicted octanol–water partition coefficient (Wildman–Crippen LogP) is 6.94. The maximum atomic E-state index is 6.01. The van der Waals surface area contributed by atoms with Gasteiger partial charge in [0.05, 0.1) is 12.7 Å². The molecule has 1 nitrogen and oxygen atoms in total. The van der Waals surface area contributed by atoms with Crippen LogP contribution >= 0.6 is 23.2 Å². The number of hydrogen-bond donors (Lipinski definition) is 0. The molecule has 132 valence electrons. The van der Waals surface area contributed by atoms with Gasteiger partial charge in [0, 0.05) is 10.6 Å². The lowest BCUT2D eigenvalue weighted by molar-refractivity contribution is 0.0223. The summed E-state index contributed by atoms with van der Waals surface area (Å²) in [7, 11) is 0. The highest BCUT2D eigenvalue weighted by atomic mass is 35.5. The Kier molecular flexibility index (Phi) is 7.06. The number of hydrogen-bond acceptors (Lipinski definition) is 1. The highest BCUT2D eigenvalue weighted by Crippen LogP contribution is 2.43. The van der Waals surface area contributed by atoms with E-state index in [4.69, 9.17) is 27.9 Å². The monoisotopic (exact) mass is 366 g/mol. The molecule has 24 heavy (non-hydrogen) atoms. The van der Waals surface area contributed by atoms with Crippen LogP contribution in [0.4, 0.5) is 0 Å². The zero-order valence-corrected chi connectivity index (χ0v) is 15.8. The van der Waals surface area contributed by atoms with E-state index in [0.717, 1.165) is 22.8 Å². The second-order valence-electron chi connectivity index (χ2n) is 7.40. The van der Waals surface area contributed by atoms with Crippen molar-refractivity contribution in [2.24, 2.45) is 11.8 Å². The SMILES string of the molecule is Cl/C=C/CO[C@H]1CC[C@H](C2CCC(c3ccc(Cl)cc3)CC2)CC1. The minimum atomic E-state index is 0.444. The standard InChI is InChI=1S/C21H28Cl2O/c22-14-1-15-24-21-12-8-19(9-13-21)17-4-2-16(3-5-17)18-6-10-20(23)11-7-18/h1,6-7,10-11,14,16-17,19,21H,2-5,8-9,12-13,15H2/b14-1+/t16?,17?,19-,21-. The summed E-state index contributed by atoms with van der Waals surface area (Å²) < 4.78 is 5.86. The third kappa shape index (κ3) is 5.00. The Balaban J connectivity index is 1.42. The summed E-state index contributed by atoms with van der Waals surface area (Å²) in [6, 6.07) is 8.49. The molecular formula is C21H28Cl2O. The molecule has 2 aliphatic rings. The predicted molar refractivity (Wildman–Crippen MR) is 103 cm³/mol. The second-order valence-corrected chi connectivity index (χ2v) is 8.08. The zero-order chi connectivity index (χ0) is 16.8. The molecule has 0 saturated heterocycles. The number of rotatable bonds is 5. The van der Waals surface area contributed by atoms with Crippen LogP contribution in [0.3, 0.4) is 0 Å². The summed E-state index contributed by atoms with van der Waals surface area (Å²) in [4.78, 5) is 0. The molecule has 0 spiro atoms. The molecule has 0 bridgehead atoms. The molecule has 0 unspecified atom stereocenters. The van der Waals surface area contributed by atoms with Crippen molar-refractivity contribution in [3.63, 3.8) is 0 Å². The first-order chi connectivity index (χ1) is 11.8. The first-order valence-electron chi connectivity index (χ1n) is 9.38. The minimum absolute atomic E-state index is 0.444. The summed E-state index contributed by atoms with van der Waals surface area (Å²) in [5.41, 5.74) is 3.02. The fourth-order valence-corrected chi connectivity index (χ4v) is 4.81. The van der Waals surface area contributed by atoms with Gasteiger partial charge in [-0.25, -0.2) is 0 Å². The largest absolute Gasteiger partial charge is 0.374 e. The van der Waals surface area contributed by atoms with E-state index in [1.165, 1.54) is 56.9 Å². The zero-order valence-electron chi connectivity index (χ0n) is 14.3. The third-order valence-electron chi connectivity index (χ3n) is 6.02. The summed E-state index contributed by atoms with van der Waals surface area (Å²) in [5.74, 6) is 2.58. The maximum absolute atomic E-state index is 6.01. The van der Waals surface area contributed by atoms with Crippen LogP contribution in [0.5, 0.6) is 0 Å². The Bertz CT molecular complexity index is 509. The Morgan fingerprint density at radius 2 is 1.46 bits per heavy atom. The van der Waals surface area contributed by atoms with E-state index in [1.54, 1.807) is 5.54 Å². The molecule has 0 aromatic heterocycles. The van der Waals surface area contributed by atoms with Crippen LogP contribution in [0.1, 0.15) is 62.8 Å². The Labute approximate surface area is 156 Å². The molecule has 1 aromatic rings. The summed E-state index contributed by atoms with van der Waals surface area (Å²) in [6.07, 6.45) is 12.9. The Morgan fingerprint density at radius 1 is 0.875 bits per heavy atom. The fourth-order valence-electron chi connectivity index (χ4n) is 4.61. The van der Waals surface area contributed by atoms with Crippen LogP contribution < -0.4 is 0 Å². The van der Waals surface area contributed by atoms with E-state index < -0.39 is 0 Å². The lowest BCUT2D eigenvalue weighted by Gasteiger charge is -2.37. The fraction of sp³-hybridized carbons (Fsp3) is 0.619. The molecule has 2 saturated carbocycles. The van der Waals surface area contributed by atoms with Crippen LogP contribution in [-0.2, 0) is 4.74 Å². The van der Waals surface area contributed by atoms with Crippen molar-refractivity contribution in [1.82, 2.24) is 0 Å². The molecule has 0 heterocycles. The summed E-state index contributed by atoms with van der Waals surface area (Å²) >= 11 is 11.5. The van der Waals surface area contributed by atoms with Crippen LogP contribution in [0.25, 0.3) is 0 Å². The normalized spacial score (nSPS) is 31.4. The van der Waals surface area contributed by atoms with Gasteiger partial charge in [-0.3, -0.25) is 0 Å². The molecule has 0 radical (unpaired) electrons. The second kappa shape index (κ2) is 9.27. The van der Waals surface area contributed by atoms with Gasteiger partial charge >= 0.3 is 0 Å². The summed E-state index contributed by atoms with van der Waals surface area (Å²) in [5, 5.41) is 0.841. The van der Waals surface area contributed by atoms with Crippen molar-refractivity contribution in [2.75, 3.05) is 6.61 Å². The molecule has 0 aliphatic heterocycles. The van der Waals surface area contributed by atoms with E-state index in [-0.39, 0.29) is 0 Å². The van der Waals surface area contributed by atoms with Crippen molar-refractivity contribution in [3.8, 4) is 0 Å². The lowest BCUT2D eigenvalue weighted by Crippen LogP contribution is -2.28. The van der Waals surface area contributed by atoms with E-state index in [9.17, 15) is 0 Å². The average Bonchev–Trinajstić information content (AvgIpc) is 2.63. The van der Waals surface area contributed by atoms with Crippen molar-refractivity contribution in [3.05, 3.63) is 46.5 Å². The summed E-state index contributed by atoms with van der Waals surface area (Å²) in [6.45, 7) is 0.658. The lowest BCUT2D eigenvalue weighted by atomic mass is 9.69. The van der Waals surface area contributed by atoms with Gasteiger partial charge in [0.25, 0.3) is 0 Å². The van der Waals surface area contributed by atoms with Gasteiger partial charge in [0.15, 0.2) is 0 Å². The quantitative estimate of drug-likeness (QED) is 0.548. The Morgan fingerprint density at radius 3 is 2.04 bits per heavy atom. The first-order valence-corrected chi connectivity index (χ1v) is 10.2. The van der Waals surface area contributed by atoms with Gasteiger partial charge in [0.1, 0.15) is 0 Å². The first kappa shape index (κ1) is 18.3. The van der Waals surface area contributed by atoms with Gasteiger partial charge in [0.2, 0.25) is 0 Å². The van der Waals surface area contributed by atoms with Crippen molar-refractivity contribution >= 4 is 23.2 Å². The van der Waals surface area contributed by atoms with Gasteiger partial charge in [-0.15, -0.1) is 0 Å². The van der Waals surface area contributed by atoms with Crippen LogP contribution in [0, 0.1) is 11.8 Å². The molecule has 0 amide bonds. The van der Waals surface area contributed by atoms with Crippen LogP contribution in [0.2, 0.25) is 5.02 Å². The Hall–Kier alpha value is -0.500. The van der Waals surface area contributed by atoms with E-state index in [2.05, 4.69) is 12.1 Å². The molecule has 3 heteroatoms. The van der Waals surface area contributed by atoms with Crippen molar-refractivity contribution in [1.29, 1.82) is 0 Å². The number of ether oxygens (including phenoxy) is 1. The molecule has 3 rings (SSSR count). The van der Waals surface area contributed by atoms with Crippen LogP contribution in [-0.4, -0.2) is 12.7 Å². The van der Waals surface area contributed by atoms with Crippen LogP contribution in [0.15, 0.2) is 35.9 Å². The van der Waals surface area contributed by atoms with E-state index >= 15 is 0 Å². The smallest absolute Gasteiger partial charge is 0.0662 e. The van der Waals surface area contributed by atoms with Crippen molar-refractivity contribution in [2.45, 2.75) is 63.4 Å². The van der Waals surface area contributed by atoms with E-state index in [0.29, 0.717) is 12.7 Å². The minimum Gasteiger partial charge on any atom is -0.374 e. The van der Waals surface area contributed by atoms with Gasteiger partial charge in [-0.05, 0) is 92.9 Å². The highest BCUT2D eigenvalue weighted by Gasteiger charge is 2.31. The van der Waals surface area contributed by atoms with Crippen molar-refractivity contribution < 1.29 is 4.74 Å². The van der Waals surface area contributed by atoms with Gasteiger partial charge in [-0.2, -0.15) is 0 Å². The van der Waals surface area contributed by atoms with E-state index in [1.807, 2.05) is 18.2 Å². The van der Waals surface area contributed by atoms with Gasteiger partial charge < -0.3 is 4.74 Å². The highest BCUT2D eigenvalue weighted by molar-refractivity contribution is 6.30. The molecule has 2 aliphatic carbocycles. The molecular weight excluding hydrogens is 339 g/mol. The molecule has 1 aromatic carbocycles. The topological polar surface area (TPSA) is 9.23 Å². The third-order valence-corrected chi connectivity index (χ3v) is 6.45. The number of halogens is 2. The number of benzene rings is 1. The average molecular weight is 367 g/mol. The molecule has 0 N–H and O–H groups in total. The molecule has 2 fully saturated rings. The van der Waals surface area contributed by atoms with Gasteiger partial charge in [-0.1, -0.05) is 35.3 Å².